The van der Waals surface area contributed by atoms with Crippen molar-refractivity contribution >= 4 is 5.95 Å². The summed E-state index contributed by atoms with van der Waals surface area (Å²) in [5.74, 6) is 3.49. The number of nitrogens with zero attached hydrogens (tertiary/aromatic N) is 6. The predicted octanol–water partition coefficient (Wildman–Crippen LogP) is 2.84. The fourth-order valence-corrected chi connectivity index (χ4v) is 3.27. The van der Waals surface area contributed by atoms with E-state index in [2.05, 4.69) is 25.0 Å². The van der Waals surface area contributed by atoms with Gasteiger partial charge >= 0.3 is 0 Å². The molecule has 0 aliphatic carbocycles. The highest BCUT2D eigenvalue weighted by Crippen LogP contribution is 2.28. The van der Waals surface area contributed by atoms with Gasteiger partial charge in [0.2, 0.25) is 11.8 Å². The zero-order valence-corrected chi connectivity index (χ0v) is 18.9. The van der Waals surface area contributed by atoms with Gasteiger partial charge in [-0.2, -0.15) is 14.6 Å². The number of hydrogen-bond acceptors (Lipinski definition) is 9. The number of anilines is 1. The molecule has 1 aromatic carbocycles. The maximum Gasteiger partial charge on any atom is 0.240 e. The first kappa shape index (κ1) is 22.0. The van der Waals surface area contributed by atoms with Gasteiger partial charge in [0.05, 0.1) is 19.9 Å². The predicted molar refractivity (Wildman–Crippen MR) is 122 cm³/mol. The van der Waals surface area contributed by atoms with E-state index in [4.69, 9.17) is 19.9 Å². The Morgan fingerprint density at radius 2 is 1.76 bits per heavy atom. The van der Waals surface area contributed by atoms with Crippen molar-refractivity contribution in [2.75, 3.05) is 20.0 Å². The first-order valence-electron chi connectivity index (χ1n) is 10.3. The van der Waals surface area contributed by atoms with Gasteiger partial charge in [-0.3, -0.25) is 4.98 Å². The van der Waals surface area contributed by atoms with Gasteiger partial charge in [-0.05, 0) is 43.2 Å². The molecular weight excluding hydrogens is 422 g/mol. The zero-order chi connectivity index (χ0) is 23.4. The molecule has 4 aromatic rings. The van der Waals surface area contributed by atoms with Gasteiger partial charge in [0, 0.05) is 18.7 Å². The number of benzene rings is 1. The largest absolute Gasteiger partial charge is 0.493 e. The van der Waals surface area contributed by atoms with E-state index in [1.807, 2.05) is 37.3 Å². The molecule has 0 spiro atoms. The van der Waals surface area contributed by atoms with Crippen LogP contribution in [-0.4, -0.2) is 43.9 Å². The van der Waals surface area contributed by atoms with Crippen molar-refractivity contribution < 1.29 is 14.2 Å². The fourth-order valence-electron chi connectivity index (χ4n) is 3.27. The van der Waals surface area contributed by atoms with Gasteiger partial charge in [0.1, 0.15) is 18.3 Å². The molecule has 0 unspecified atom stereocenters. The molecule has 2 N–H and O–H groups in total. The van der Waals surface area contributed by atoms with Crippen LogP contribution >= 0.6 is 0 Å². The topological polar surface area (TPSA) is 123 Å². The van der Waals surface area contributed by atoms with Gasteiger partial charge in [-0.1, -0.05) is 12.1 Å². The van der Waals surface area contributed by atoms with Crippen molar-refractivity contribution in [3.63, 3.8) is 0 Å². The molecule has 0 saturated heterocycles. The van der Waals surface area contributed by atoms with E-state index in [1.54, 1.807) is 38.1 Å². The highest BCUT2D eigenvalue weighted by atomic mass is 16.5. The molecule has 3 aromatic heterocycles. The summed E-state index contributed by atoms with van der Waals surface area (Å²) in [7, 11) is 3.19. The summed E-state index contributed by atoms with van der Waals surface area (Å²) in [6.07, 6.45) is 2.26. The molecule has 170 valence electrons. The average molecular weight is 447 g/mol. The highest BCUT2D eigenvalue weighted by molar-refractivity contribution is 5.44. The van der Waals surface area contributed by atoms with Crippen molar-refractivity contribution in [1.82, 2.24) is 29.7 Å². The molecule has 0 fully saturated rings. The summed E-state index contributed by atoms with van der Waals surface area (Å²) >= 11 is 0. The molecule has 0 amide bonds. The quantitative estimate of drug-likeness (QED) is 0.434. The van der Waals surface area contributed by atoms with Crippen molar-refractivity contribution in [3.8, 4) is 23.2 Å². The molecule has 10 nitrogen and oxygen atoms in total. The normalized spacial score (nSPS) is 10.8. The zero-order valence-electron chi connectivity index (χ0n) is 18.9. The van der Waals surface area contributed by atoms with Crippen LogP contribution in [-0.2, 0) is 13.0 Å². The Morgan fingerprint density at radius 1 is 0.939 bits per heavy atom. The molecule has 0 bridgehead atoms. The lowest BCUT2D eigenvalue weighted by Gasteiger charge is -2.11. The molecule has 33 heavy (non-hydrogen) atoms. The summed E-state index contributed by atoms with van der Waals surface area (Å²) in [4.78, 5) is 17.6. The highest BCUT2D eigenvalue weighted by Gasteiger charge is 2.15. The monoisotopic (exact) mass is 447 g/mol. The number of hydrogen-bond donors (Lipinski definition) is 1. The Labute approximate surface area is 191 Å². The number of nitrogen functional groups attached to an aromatic ring is 1. The lowest BCUT2D eigenvalue weighted by molar-refractivity contribution is 0.287. The van der Waals surface area contributed by atoms with Crippen molar-refractivity contribution in [2.45, 2.75) is 26.9 Å². The Hall–Kier alpha value is -4.21. The van der Waals surface area contributed by atoms with Crippen molar-refractivity contribution in [2.24, 2.45) is 0 Å². The first-order chi connectivity index (χ1) is 15.9. The number of nitrogens with two attached hydrogens (primary N) is 1. The van der Waals surface area contributed by atoms with Crippen LogP contribution < -0.4 is 19.9 Å². The maximum absolute atomic E-state index is 5.92. The third-order valence-corrected chi connectivity index (χ3v) is 4.86. The Bertz CT molecular complexity index is 1260. The molecule has 0 atom stereocenters. The van der Waals surface area contributed by atoms with Crippen LogP contribution in [0.25, 0.3) is 5.82 Å². The number of aryl methyl sites for hydroxylation is 2. The van der Waals surface area contributed by atoms with Crippen LogP contribution in [0.5, 0.6) is 17.4 Å². The number of rotatable bonds is 8. The molecule has 0 aliphatic heterocycles. The van der Waals surface area contributed by atoms with Crippen LogP contribution in [0.3, 0.4) is 0 Å². The SMILES string of the molecule is COc1ccc(Cc2nc(N)nn2-c2cc(OCc3ccc(C)cn3)nc(C)n2)cc1OC. The number of ether oxygens (including phenoxy) is 3. The van der Waals surface area contributed by atoms with E-state index in [-0.39, 0.29) is 12.6 Å². The fraction of sp³-hybridized carbons (Fsp3) is 0.261. The molecule has 3 heterocycles. The van der Waals surface area contributed by atoms with Gasteiger partial charge in [-0.15, -0.1) is 5.10 Å². The Kier molecular flexibility index (Phi) is 6.34. The number of methoxy groups -OCH3 is 2. The van der Waals surface area contributed by atoms with Crippen LogP contribution in [0.15, 0.2) is 42.6 Å². The van der Waals surface area contributed by atoms with E-state index in [1.165, 1.54) is 0 Å². The molecule has 4 rings (SSSR count). The summed E-state index contributed by atoms with van der Waals surface area (Å²) in [5, 5.41) is 4.33. The number of pyridine rings is 1. The standard InChI is InChI=1S/C23H25N7O3/c1-14-5-7-17(25-12-14)13-33-22-11-21(26-15(2)27-22)30-20(28-23(24)29-30)10-16-6-8-18(31-3)19(9-16)32-4/h5-9,11-12H,10,13H2,1-4H3,(H2,24,29). The van der Waals surface area contributed by atoms with Crippen molar-refractivity contribution in [3.05, 3.63) is 71.1 Å². The molecule has 10 heteroatoms. The van der Waals surface area contributed by atoms with Gasteiger partial charge < -0.3 is 19.9 Å². The Morgan fingerprint density at radius 3 is 2.48 bits per heavy atom. The van der Waals surface area contributed by atoms with E-state index in [0.717, 1.165) is 16.8 Å². The maximum atomic E-state index is 5.92. The molecule has 0 aliphatic rings. The summed E-state index contributed by atoms with van der Waals surface area (Å²) < 4.78 is 18.2. The average Bonchev–Trinajstić information content (AvgIpc) is 3.18. The smallest absolute Gasteiger partial charge is 0.240 e. The molecule has 0 radical (unpaired) electrons. The lowest BCUT2D eigenvalue weighted by atomic mass is 10.1. The van der Waals surface area contributed by atoms with Crippen LogP contribution in [0.1, 0.15) is 28.5 Å². The van der Waals surface area contributed by atoms with Crippen LogP contribution in [0.4, 0.5) is 5.95 Å². The van der Waals surface area contributed by atoms with Gasteiger partial charge in [0.15, 0.2) is 17.3 Å². The minimum atomic E-state index is 0.146. The van der Waals surface area contributed by atoms with E-state index < -0.39 is 0 Å². The van der Waals surface area contributed by atoms with E-state index in [0.29, 0.717) is 41.3 Å². The van der Waals surface area contributed by atoms with Crippen LogP contribution in [0.2, 0.25) is 0 Å². The van der Waals surface area contributed by atoms with Gasteiger partial charge in [-0.25, -0.2) is 4.98 Å². The minimum Gasteiger partial charge on any atom is -0.493 e. The van der Waals surface area contributed by atoms with E-state index in [9.17, 15) is 0 Å². The molecular formula is C23H25N7O3. The lowest BCUT2D eigenvalue weighted by Crippen LogP contribution is -2.09. The van der Waals surface area contributed by atoms with Gasteiger partial charge in [0.25, 0.3) is 0 Å². The Balaban J connectivity index is 1.60. The van der Waals surface area contributed by atoms with Crippen LogP contribution in [0, 0.1) is 13.8 Å². The summed E-state index contributed by atoms with van der Waals surface area (Å²) in [5.41, 5.74) is 8.77. The first-order valence-corrected chi connectivity index (χ1v) is 10.3. The second kappa shape index (κ2) is 9.51. The second-order valence-corrected chi connectivity index (χ2v) is 7.39. The summed E-state index contributed by atoms with van der Waals surface area (Å²) in [6.45, 7) is 4.06. The number of aromatic nitrogens is 6. The third-order valence-electron chi connectivity index (χ3n) is 4.86. The minimum absolute atomic E-state index is 0.146. The third kappa shape index (κ3) is 5.17. The molecule has 0 saturated carbocycles. The van der Waals surface area contributed by atoms with E-state index >= 15 is 0 Å². The second-order valence-electron chi connectivity index (χ2n) is 7.39. The summed E-state index contributed by atoms with van der Waals surface area (Å²) in [6, 6.07) is 11.3. The van der Waals surface area contributed by atoms with Crippen molar-refractivity contribution in [1.29, 1.82) is 0 Å².